The number of hydrogen-bond acceptors (Lipinski definition) is 3. The number of hydrogen-bond donors (Lipinski definition) is 1. The number of H-pyrrole nitrogens is 1. The van der Waals surface area contributed by atoms with Gasteiger partial charge >= 0.3 is 0 Å². The average molecular weight is 369 g/mol. The first-order chi connectivity index (χ1) is 13.0. The summed E-state index contributed by atoms with van der Waals surface area (Å²) in [5, 5.41) is 0.401. The van der Waals surface area contributed by atoms with Crippen LogP contribution in [0.15, 0.2) is 48.7 Å². The third-order valence-corrected chi connectivity index (χ3v) is 4.84. The molecule has 1 aliphatic heterocycles. The van der Waals surface area contributed by atoms with Gasteiger partial charge in [0.1, 0.15) is 11.6 Å². The first kappa shape index (κ1) is 17.2. The van der Waals surface area contributed by atoms with E-state index in [1.165, 1.54) is 41.4 Å². The Kier molecular flexibility index (Phi) is 4.35. The summed E-state index contributed by atoms with van der Waals surface area (Å²) in [7, 11) is 0. The van der Waals surface area contributed by atoms with Crippen molar-refractivity contribution in [1.82, 2.24) is 9.88 Å². The van der Waals surface area contributed by atoms with E-state index >= 15 is 0 Å². The van der Waals surface area contributed by atoms with Gasteiger partial charge in [0.25, 0.3) is 11.7 Å². The van der Waals surface area contributed by atoms with E-state index in [4.69, 9.17) is 0 Å². The normalized spacial score (nSPS) is 14.6. The van der Waals surface area contributed by atoms with E-state index in [0.29, 0.717) is 37.1 Å². The molecule has 0 atom stereocenters. The van der Waals surface area contributed by atoms with Gasteiger partial charge in [0.2, 0.25) is 0 Å². The Labute approximate surface area is 154 Å². The number of rotatable bonds is 3. The molecule has 0 unspecified atom stereocenters. The highest BCUT2D eigenvalue weighted by Crippen LogP contribution is 2.21. The third kappa shape index (κ3) is 3.28. The van der Waals surface area contributed by atoms with E-state index in [2.05, 4.69) is 4.98 Å². The molecule has 1 amide bonds. The Morgan fingerprint density at radius 1 is 0.889 bits per heavy atom. The van der Waals surface area contributed by atoms with Gasteiger partial charge in [-0.3, -0.25) is 9.59 Å². The van der Waals surface area contributed by atoms with Crippen LogP contribution in [0.25, 0.3) is 10.9 Å². The number of nitrogens with one attached hydrogen (secondary N) is 1. The van der Waals surface area contributed by atoms with Crippen LogP contribution in [0.4, 0.5) is 14.5 Å². The lowest BCUT2D eigenvalue weighted by Gasteiger charge is -2.35. The van der Waals surface area contributed by atoms with E-state index in [-0.39, 0.29) is 11.4 Å². The number of fused-ring (bicyclic) bond motifs is 1. The number of benzene rings is 2. The molecule has 5 nitrogen and oxygen atoms in total. The van der Waals surface area contributed by atoms with Gasteiger partial charge in [0, 0.05) is 49.0 Å². The summed E-state index contributed by atoms with van der Waals surface area (Å²) >= 11 is 0. The monoisotopic (exact) mass is 369 g/mol. The zero-order chi connectivity index (χ0) is 19.0. The van der Waals surface area contributed by atoms with E-state index in [0.717, 1.165) is 5.69 Å². The van der Waals surface area contributed by atoms with Crippen LogP contribution in [0.1, 0.15) is 10.4 Å². The maximum atomic E-state index is 13.5. The van der Waals surface area contributed by atoms with Gasteiger partial charge in [0.15, 0.2) is 0 Å². The van der Waals surface area contributed by atoms with Crippen molar-refractivity contribution in [3.8, 4) is 0 Å². The third-order valence-electron chi connectivity index (χ3n) is 4.84. The number of ketones is 1. The molecule has 1 fully saturated rings. The smallest absolute Gasteiger partial charge is 0.295 e. The lowest BCUT2D eigenvalue weighted by Crippen LogP contribution is -2.50. The Morgan fingerprint density at radius 2 is 1.56 bits per heavy atom. The average Bonchev–Trinajstić information content (AvgIpc) is 3.10. The highest BCUT2D eigenvalue weighted by molar-refractivity contribution is 6.44. The van der Waals surface area contributed by atoms with Gasteiger partial charge in [-0.25, -0.2) is 8.78 Å². The van der Waals surface area contributed by atoms with E-state index in [9.17, 15) is 18.4 Å². The molecule has 2 heterocycles. The second-order valence-electron chi connectivity index (χ2n) is 6.48. The van der Waals surface area contributed by atoms with Crippen molar-refractivity contribution in [3.63, 3.8) is 0 Å². The molecule has 0 spiro atoms. The van der Waals surface area contributed by atoms with Crippen molar-refractivity contribution in [2.45, 2.75) is 0 Å². The molecule has 3 aromatic rings. The van der Waals surface area contributed by atoms with Crippen LogP contribution in [0, 0.1) is 11.6 Å². The van der Waals surface area contributed by atoms with Crippen LogP contribution in [0.5, 0.6) is 0 Å². The number of amides is 1. The fourth-order valence-corrected chi connectivity index (χ4v) is 3.36. The van der Waals surface area contributed by atoms with Crippen LogP contribution >= 0.6 is 0 Å². The number of Topliss-reactive ketones (excluding diaryl/α,β-unsaturated/α-hetero) is 1. The summed E-state index contributed by atoms with van der Waals surface area (Å²) < 4.78 is 26.5. The Hall–Kier alpha value is -3.22. The number of aromatic amines is 1. The second kappa shape index (κ2) is 6.83. The maximum absolute atomic E-state index is 13.5. The number of halogens is 2. The van der Waals surface area contributed by atoms with Gasteiger partial charge in [-0.2, -0.15) is 0 Å². The van der Waals surface area contributed by atoms with Crippen LogP contribution in [0.2, 0.25) is 0 Å². The van der Waals surface area contributed by atoms with Crippen LogP contribution in [-0.4, -0.2) is 47.8 Å². The van der Waals surface area contributed by atoms with Gasteiger partial charge in [-0.15, -0.1) is 0 Å². The highest BCUT2D eigenvalue weighted by atomic mass is 19.1. The number of carbonyl (C=O) groups excluding carboxylic acids is 2. The number of anilines is 1. The van der Waals surface area contributed by atoms with E-state index in [1.807, 2.05) is 4.90 Å². The summed E-state index contributed by atoms with van der Waals surface area (Å²) in [6.07, 6.45) is 1.44. The number of piperazine rings is 1. The van der Waals surface area contributed by atoms with Crippen molar-refractivity contribution in [3.05, 3.63) is 65.9 Å². The van der Waals surface area contributed by atoms with Crippen molar-refractivity contribution < 1.29 is 18.4 Å². The first-order valence-corrected chi connectivity index (χ1v) is 8.64. The number of carbonyl (C=O) groups is 2. The summed E-state index contributed by atoms with van der Waals surface area (Å²) in [5.74, 6) is -2.01. The van der Waals surface area contributed by atoms with Gasteiger partial charge in [-0.05, 0) is 42.5 Å². The fraction of sp³-hybridized carbons (Fsp3) is 0.200. The number of aromatic nitrogens is 1. The Morgan fingerprint density at radius 3 is 2.26 bits per heavy atom. The molecular weight excluding hydrogens is 352 g/mol. The molecule has 1 aliphatic rings. The van der Waals surface area contributed by atoms with Crippen molar-refractivity contribution in [1.29, 1.82) is 0 Å². The Bertz CT molecular complexity index is 1010. The summed E-state index contributed by atoms with van der Waals surface area (Å²) in [6.45, 7) is 1.87. The molecular formula is C20H17F2N3O2. The molecule has 2 aromatic carbocycles. The minimum atomic E-state index is -0.651. The SMILES string of the molecule is O=C(C(=O)N1CCN(c2ccc(F)cc2)CC1)c1c[nH]c2ccc(F)cc12. The van der Waals surface area contributed by atoms with Crippen LogP contribution < -0.4 is 4.90 Å². The zero-order valence-corrected chi connectivity index (χ0v) is 14.4. The predicted molar refractivity (Wildman–Crippen MR) is 97.8 cm³/mol. The van der Waals surface area contributed by atoms with Crippen LogP contribution in [0.3, 0.4) is 0 Å². The second-order valence-corrected chi connectivity index (χ2v) is 6.48. The maximum Gasteiger partial charge on any atom is 0.295 e. The first-order valence-electron chi connectivity index (χ1n) is 8.64. The zero-order valence-electron chi connectivity index (χ0n) is 14.4. The molecule has 7 heteroatoms. The Balaban J connectivity index is 1.46. The quantitative estimate of drug-likeness (QED) is 0.570. The molecule has 1 aromatic heterocycles. The van der Waals surface area contributed by atoms with Crippen molar-refractivity contribution >= 4 is 28.3 Å². The molecule has 27 heavy (non-hydrogen) atoms. The lowest BCUT2D eigenvalue weighted by molar-refractivity contribution is -0.126. The van der Waals surface area contributed by atoms with Crippen molar-refractivity contribution in [2.75, 3.05) is 31.1 Å². The van der Waals surface area contributed by atoms with Gasteiger partial charge < -0.3 is 14.8 Å². The lowest BCUT2D eigenvalue weighted by atomic mass is 10.1. The summed E-state index contributed by atoms with van der Waals surface area (Å²) in [4.78, 5) is 31.7. The molecule has 0 radical (unpaired) electrons. The van der Waals surface area contributed by atoms with Crippen molar-refractivity contribution in [2.24, 2.45) is 0 Å². The molecule has 1 N–H and O–H groups in total. The van der Waals surface area contributed by atoms with Gasteiger partial charge in [-0.1, -0.05) is 0 Å². The fourth-order valence-electron chi connectivity index (χ4n) is 3.36. The minimum Gasteiger partial charge on any atom is -0.368 e. The molecule has 138 valence electrons. The summed E-state index contributed by atoms with van der Waals surface area (Å²) in [5.41, 5.74) is 1.66. The molecule has 0 bridgehead atoms. The molecule has 0 saturated carbocycles. The summed E-state index contributed by atoms with van der Waals surface area (Å²) in [6, 6.07) is 10.3. The van der Waals surface area contributed by atoms with Crippen LogP contribution in [-0.2, 0) is 4.79 Å². The van der Waals surface area contributed by atoms with E-state index < -0.39 is 17.5 Å². The molecule has 0 aliphatic carbocycles. The van der Waals surface area contributed by atoms with E-state index in [1.54, 1.807) is 12.1 Å². The standard InChI is InChI=1S/C20H17F2N3O2/c21-13-1-4-15(5-2-13)24-7-9-25(10-8-24)20(27)19(26)17-12-23-18-6-3-14(22)11-16(17)18/h1-6,11-12,23H,7-10H2. The van der Waals surface area contributed by atoms with Gasteiger partial charge in [0.05, 0.1) is 5.56 Å². The largest absolute Gasteiger partial charge is 0.368 e. The molecule has 4 rings (SSSR count). The predicted octanol–water partition coefficient (Wildman–Crippen LogP) is 2.98. The highest BCUT2D eigenvalue weighted by Gasteiger charge is 2.28. The topological polar surface area (TPSA) is 56.4 Å². The number of nitrogens with zero attached hydrogens (tertiary/aromatic N) is 2. The minimum absolute atomic E-state index is 0.176. The molecule has 1 saturated heterocycles.